The fourth-order valence-corrected chi connectivity index (χ4v) is 9.23. The number of Topliss-reactive ketones (excluding diaryl/α,β-unsaturated/α-hetero) is 1. The number of ketones is 1. The van der Waals surface area contributed by atoms with Gasteiger partial charge in [-0.25, -0.2) is 9.59 Å². The van der Waals surface area contributed by atoms with Crippen molar-refractivity contribution in [2.24, 2.45) is 28.1 Å². The monoisotopic (exact) mass is 598 g/mol. The van der Waals surface area contributed by atoms with Crippen LogP contribution in [0.5, 0.6) is 0 Å². The van der Waals surface area contributed by atoms with Crippen molar-refractivity contribution < 1.29 is 52.8 Å². The summed E-state index contributed by atoms with van der Waals surface area (Å²) < 4.78 is 28.5. The molecule has 1 spiro atoms. The predicted molar refractivity (Wildman–Crippen MR) is 147 cm³/mol. The number of allylic oxidation sites excluding steroid dienone is 2. The third kappa shape index (κ3) is 3.47. The van der Waals surface area contributed by atoms with Gasteiger partial charge >= 0.3 is 17.9 Å². The topological polar surface area (TPSA) is 162 Å². The summed E-state index contributed by atoms with van der Waals surface area (Å²) in [5, 5.41) is 24.2. The van der Waals surface area contributed by atoms with Crippen molar-refractivity contribution in [1.29, 1.82) is 0 Å². The van der Waals surface area contributed by atoms with E-state index in [1.54, 1.807) is 46.8 Å². The van der Waals surface area contributed by atoms with Crippen LogP contribution in [0.2, 0.25) is 0 Å². The molecule has 11 nitrogen and oxygen atoms in total. The molecule has 2 saturated carbocycles. The minimum absolute atomic E-state index is 0.0607. The van der Waals surface area contributed by atoms with Crippen LogP contribution in [0.25, 0.3) is 0 Å². The Hall–Kier alpha value is -3.28. The number of aliphatic hydroxyl groups excluding tert-OH is 1. The summed E-state index contributed by atoms with van der Waals surface area (Å²) in [6.45, 7) is 10.1. The molecule has 3 aliphatic carbocycles. The lowest BCUT2D eigenvalue weighted by Gasteiger charge is -2.64. The second-order valence-electron chi connectivity index (χ2n) is 13.7. The van der Waals surface area contributed by atoms with Crippen molar-refractivity contribution in [3.8, 4) is 0 Å². The van der Waals surface area contributed by atoms with Crippen LogP contribution in [0.1, 0.15) is 66.1 Å². The molecule has 1 unspecified atom stereocenters. The Labute approximate surface area is 249 Å². The van der Waals surface area contributed by atoms with Gasteiger partial charge in [0.05, 0.1) is 31.5 Å². The lowest BCUT2D eigenvalue weighted by molar-refractivity contribution is -0.236. The maximum atomic E-state index is 14.7. The summed E-state index contributed by atoms with van der Waals surface area (Å²) in [5.41, 5.74) is -6.04. The van der Waals surface area contributed by atoms with Crippen LogP contribution in [-0.4, -0.2) is 70.5 Å². The van der Waals surface area contributed by atoms with Crippen molar-refractivity contribution in [2.45, 2.75) is 90.0 Å². The zero-order valence-corrected chi connectivity index (χ0v) is 25.3. The molecule has 2 N–H and O–H groups in total. The van der Waals surface area contributed by atoms with E-state index in [1.165, 1.54) is 12.5 Å². The standard InChI is InChI=1S/C32H38O11/c1-8-15(2)23(35)42-26-28(3,4)21(20(34)24(36)39-7)30(6)17-9-11-29(5)18(32(17)27(43-32)31(26,38)25(30)37)13-19(33)41-22(29)16-10-12-40-14-16/h8-10,12,14,18,20-22,26-27,34,38H,11,13H2,1-7H3/b15-8+/t18-,20?,21+,22+,26+,27-,29-,30-,31+,32-/m1/s1. The van der Waals surface area contributed by atoms with E-state index in [9.17, 15) is 29.4 Å². The largest absolute Gasteiger partial charge is 0.472 e. The number of cyclic esters (lactones) is 1. The summed E-state index contributed by atoms with van der Waals surface area (Å²) >= 11 is 0. The van der Waals surface area contributed by atoms with Gasteiger partial charge in [-0.05, 0) is 38.8 Å². The van der Waals surface area contributed by atoms with Crippen LogP contribution in [0.4, 0.5) is 0 Å². The summed E-state index contributed by atoms with van der Waals surface area (Å²) in [4.78, 5) is 54.0. The highest BCUT2D eigenvalue weighted by Crippen LogP contribution is 2.77. The Morgan fingerprint density at radius 2 is 1.88 bits per heavy atom. The molecule has 5 aliphatic rings. The number of hydrogen-bond donors (Lipinski definition) is 2. The first-order chi connectivity index (χ1) is 20.1. The molecule has 2 aliphatic heterocycles. The number of methoxy groups -OCH3 is 1. The molecule has 6 rings (SSSR count). The molecule has 4 fully saturated rings. The predicted octanol–water partition coefficient (Wildman–Crippen LogP) is 2.75. The van der Waals surface area contributed by atoms with E-state index in [0.29, 0.717) is 17.6 Å². The molecule has 2 saturated heterocycles. The number of aliphatic hydroxyl groups is 2. The fraction of sp³-hybridized carbons (Fsp3) is 0.625. The zero-order chi connectivity index (χ0) is 31.5. The molecule has 11 heteroatoms. The van der Waals surface area contributed by atoms with E-state index in [4.69, 9.17) is 23.4 Å². The van der Waals surface area contributed by atoms with Gasteiger partial charge in [0.2, 0.25) is 0 Å². The van der Waals surface area contributed by atoms with Gasteiger partial charge in [-0.2, -0.15) is 0 Å². The molecule has 3 heterocycles. The Morgan fingerprint density at radius 3 is 2.49 bits per heavy atom. The van der Waals surface area contributed by atoms with Crippen molar-refractivity contribution >= 4 is 23.7 Å². The van der Waals surface area contributed by atoms with Gasteiger partial charge in [0.25, 0.3) is 0 Å². The third-order valence-corrected chi connectivity index (χ3v) is 11.2. The van der Waals surface area contributed by atoms with Crippen LogP contribution in [0, 0.1) is 28.1 Å². The Kier molecular flexibility index (Phi) is 6.32. The van der Waals surface area contributed by atoms with Gasteiger partial charge in [0, 0.05) is 33.8 Å². The van der Waals surface area contributed by atoms with Crippen LogP contribution in [0.3, 0.4) is 0 Å². The number of fused-ring (bicyclic) bond motifs is 5. The Bertz CT molecular complexity index is 1470. The van der Waals surface area contributed by atoms with Crippen molar-refractivity contribution in [3.63, 3.8) is 0 Å². The first-order valence-corrected chi connectivity index (χ1v) is 14.5. The van der Waals surface area contributed by atoms with Gasteiger partial charge < -0.3 is 33.6 Å². The van der Waals surface area contributed by atoms with E-state index in [2.05, 4.69) is 0 Å². The average Bonchev–Trinajstić information content (AvgIpc) is 3.45. The van der Waals surface area contributed by atoms with E-state index < -0.39 is 87.4 Å². The lowest BCUT2D eigenvalue weighted by Crippen LogP contribution is -2.79. The first-order valence-electron chi connectivity index (χ1n) is 14.5. The number of esters is 3. The number of carbonyl (C=O) groups excluding carboxylic acids is 4. The summed E-state index contributed by atoms with van der Waals surface area (Å²) in [7, 11) is 1.13. The molecule has 1 aromatic heterocycles. The molecular formula is C32H38O11. The van der Waals surface area contributed by atoms with E-state index in [0.717, 1.165) is 7.11 Å². The Balaban J connectivity index is 1.59. The molecule has 1 aromatic rings. The van der Waals surface area contributed by atoms with E-state index in [-0.39, 0.29) is 12.0 Å². The summed E-state index contributed by atoms with van der Waals surface area (Å²) in [5.74, 6) is -4.71. The van der Waals surface area contributed by atoms with E-state index >= 15 is 0 Å². The third-order valence-electron chi connectivity index (χ3n) is 11.2. The number of ether oxygens (including phenoxy) is 4. The van der Waals surface area contributed by atoms with Gasteiger partial charge in [-0.1, -0.05) is 32.9 Å². The highest BCUT2D eigenvalue weighted by atomic mass is 16.6. The minimum Gasteiger partial charge on any atom is -0.472 e. The molecule has 0 amide bonds. The molecule has 43 heavy (non-hydrogen) atoms. The zero-order valence-electron chi connectivity index (χ0n) is 25.3. The number of rotatable bonds is 5. The molecule has 0 radical (unpaired) electrons. The Morgan fingerprint density at radius 1 is 1.19 bits per heavy atom. The molecule has 10 atom stereocenters. The molecule has 232 valence electrons. The SMILES string of the molecule is C/C=C(\C)C(=O)O[C@H]1C(C)(C)[C@H](C(O)C(=O)OC)[C@]2(C)C(=O)[C@@]1(O)[C@H]1O[C@@]13C2=CC[C@]1(C)[C@H]3CC(=O)O[C@H]1c1ccoc1. The fourth-order valence-electron chi connectivity index (χ4n) is 9.23. The van der Waals surface area contributed by atoms with Gasteiger partial charge in [0.15, 0.2) is 17.5 Å². The summed E-state index contributed by atoms with van der Waals surface area (Å²) in [6, 6.07) is 1.73. The highest BCUT2D eigenvalue weighted by molar-refractivity contribution is 6.02. The van der Waals surface area contributed by atoms with Crippen LogP contribution in [-0.2, 0) is 38.1 Å². The summed E-state index contributed by atoms with van der Waals surface area (Å²) in [6.07, 6.45) is 1.54. The highest BCUT2D eigenvalue weighted by Gasteiger charge is 2.89. The maximum Gasteiger partial charge on any atom is 0.335 e. The van der Waals surface area contributed by atoms with Crippen LogP contribution < -0.4 is 0 Å². The number of furan rings is 1. The molecular weight excluding hydrogens is 560 g/mol. The normalized spacial score (nSPS) is 43.2. The van der Waals surface area contributed by atoms with Crippen molar-refractivity contribution in [2.75, 3.05) is 7.11 Å². The first kappa shape index (κ1) is 29.8. The second-order valence-corrected chi connectivity index (χ2v) is 13.7. The van der Waals surface area contributed by atoms with Crippen molar-refractivity contribution in [1.82, 2.24) is 0 Å². The number of epoxide rings is 1. The van der Waals surface area contributed by atoms with Crippen LogP contribution in [0.15, 0.2) is 46.3 Å². The van der Waals surface area contributed by atoms with E-state index in [1.807, 2.05) is 13.0 Å². The quantitative estimate of drug-likeness (QED) is 0.169. The van der Waals surface area contributed by atoms with Crippen LogP contribution >= 0.6 is 0 Å². The number of carbonyl (C=O) groups is 4. The van der Waals surface area contributed by atoms with Gasteiger partial charge in [-0.15, -0.1) is 0 Å². The lowest BCUT2D eigenvalue weighted by atomic mass is 9.38. The number of hydrogen-bond acceptors (Lipinski definition) is 11. The molecule has 0 aromatic carbocycles. The van der Waals surface area contributed by atoms with Gasteiger partial charge in [-0.3, -0.25) is 9.59 Å². The van der Waals surface area contributed by atoms with Crippen molar-refractivity contribution in [3.05, 3.63) is 47.5 Å². The average molecular weight is 599 g/mol. The smallest absolute Gasteiger partial charge is 0.335 e. The van der Waals surface area contributed by atoms with Gasteiger partial charge in [0.1, 0.15) is 23.9 Å². The second kappa shape index (κ2) is 9.12. The minimum atomic E-state index is -2.36. The maximum absolute atomic E-state index is 14.7. The molecule has 2 bridgehead atoms.